The lowest BCUT2D eigenvalue weighted by Crippen LogP contribution is -2.24. The zero-order chi connectivity index (χ0) is 11.1. The molecule has 0 N–H and O–H groups in total. The lowest BCUT2D eigenvalue weighted by molar-refractivity contribution is 0.295. The van der Waals surface area contributed by atoms with Crippen LogP contribution in [-0.4, -0.2) is 18.0 Å². The van der Waals surface area contributed by atoms with Crippen molar-refractivity contribution in [1.82, 2.24) is 4.90 Å². The summed E-state index contributed by atoms with van der Waals surface area (Å²) in [6.07, 6.45) is 3.17. The van der Waals surface area contributed by atoms with Gasteiger partial charge in [-0.25, -0.2) is 0 Å². The summed E-state index contributed by atoms with van der Waals surface area (Å²) in [6, 6.07) is 8.77. The standard InChI is InChI=1S/C14H21N/c1-4-10-15(11-5-2)12-14-8-6-13(3)7-9-14/h4,6-9H,1,5,10-12H2,2-3H3. The Morgan fingerprint density at radius 1 is 1.27 bits per heavy atom. The fraction of sp³-hybridized carbons (Fsp3) is 0.429. The van der Waals surface area contributed by atoms with E-state index in [1.165, 1.54) is 17.5 Å². The van der Waals surface area contributed by atoms with Gasteiger partial charge in [-0.2, -0.15) is 0 Å². The van der Waals surface area contributed by atoms with Crippen molar-refractivity contribution in [3.8, 4) is 0 Å². The quantitative estimate of drug-likeness (QED) is 0.641. The zero-order valence-electron chi connectivity index (χ0n) is 9.87. The molecule has 0 aliphatic carbocycles. The smallest absolute Gasteiger partial charge is 0.0237 e. The summed E-state index contributed by atoms with van der Waals surface area (Å²) in [6.45, 7) is 11.3. The molecule has 1 aromatic rings. The molecular formula is C14H21N. The van der Waals surface area contributed by atoms with Gasteiger partial charge in [0, 0.05) is 13.1 Å². The van der Waals surface area contributed by atoms with Crippen molar-refractivity contribution in [2.75, 3.05) is 13.1 Å². The normalized spacial score (nSPS) is 10.6. The number of hydrogen-bond acceptors (Lipinski definition) is 1. The molecule has 82 valence electrons. The average molecular weight is 203 g/mol. The maximum atomic E-state index is 3.80. The number of hydrogen-bond donors (Lipinski definition) is 0. The van der Waals surface area contributed by atoms with Gasteiger partial charge in [-0.1, -0.05) is 42.8 Å². The number of rotatable bonds is 6. The predicted molar refractivity (Wildman–Crippen MR) is 66.9 cm³/mol. The molecule has 0 saturated heterocycles. The topological polar surface area (TPSA) is 3.24 Å². The van der Waals surface area contributed by atoms with E-state index in [0.717, 1.165) is 19.6 Å². The van der Waals surface area contributed by atoms with E-state index in [1.807, 2.05) is 6.08 Å². The zero-order valence-corrected chi connectivity index (χ0v) is 9.87. The average Bonchev–Trinajstić information content (AvgIpc) is 2.22. The SMILES string of the molecule is C=CCN(CCC)Cc1ccc(C)cc1. The third-order valence-electron chi connectivity index (χ3n) is 2.45. The van der Waals surface area contributed by atoms with Crippen molar-refractivity contribution >= 4 is 0 Å². The van der Waals surface area contributed by atoms with E-state index in [4.69, 9.17) is 0 Å². The molecule has 1 heteroatoms. The van der Waals surface area contributed by atoms with Gasteiger partial charge in [0.05, 0.1) is 0 Å². The van der Waals surface area contributed by atoms with Crippen molar-refractivity contribution in [2.24, 2.45) is 0 Å². The van der Waals surface area contributed by atoms with E-state index in [2.05, 4.69) is 49.6 Å². The van der Waals surface area contributed by atoms with Crippen LogP contribution in [0.25, 0.3) is 0 Å². The minimum absolute atomic E-state index is 0.974. The van der Waals surface area contributed by atoms with Gasteiger partial charge in [0.1, 0.15) is 0 Å². The predicted octanol–water partition coefficient (Wildman–Crippen LogP) is 3.39. The summed E-state index contributed by atoms with van der Waals surface area (Å²) in [4.78, 5) is 2.41. The van der Waals surface area contributed by atoms with E-state index in [9.17, 15) is 0 Å². The summed E-state index contributed by atoms with van der Waals surface area (Å²) >= 11 is 0. The highest BCUT2D eigenvalue weighted by molar-refractivity contribution is 5.21. The van der Waals surface area contributed by atoms with Crippen LogP contribution in [0.4, 0.5) is 0 Å². The van der Waals surface area contributed by atoms with Crippen LogP contribution in [0.1, 0.15) is 24.5 Å². The molecule has 0 saturated carbocycles. The molecule has 0 aliphatic heterocycles. The van der Waals surface area contributed by atoms with Gasteiger partial charge < -0.3 is 0 Å². The van der Waals surface area contributed by atoms with Crippen LogP contribution in [0.3, 0.4) is 0 Å². The van der Waals surface area contributed by atoms with Gasteiger partial charge in [0.15, 0.2) is 0 Å². The van der Waals surface area contributed by atoms with E-state index < -0.39 is 0 Å². The molecule has 0 amide bonds. The summed E-state index contributed by atoms with van der Waals surface area (Å²) in [5.74, 6) is 0. The molecule has 0 atom stereocenters. The fourth-order valence-corrected chi connectivity index (χ4v) is 1.69. The highest BCUT2D eigenvalue weighted by Crippen LogP contribution is 2.07. The highest BCUT2D eigenvalue weighted by Gasteiger charge is 2.02. The van der Waals surface area contributed by atoms with Gasteiger partial charge in [-0.15, -0.1) is 6.58 Å². The van der Waals surface area contributed by atoms with Gasteiger partial charge in [-0.05, 0) is 25.5 Å². The highest BCUT2D eigenvalue weighted by atomic mass is 15.1. The van der Waals surface area contributed by atoms with Crippen LogP contribution >= 0.6 is 0 Å². The third kappa shape index (κ3) is 4.30. The van der Waals surface area contributed by atoms with Crippen LogP contribution in [0, 0.1) is 6.92 Å². The van der Waals surface area contributed by atoms with E-state index >= 15 is 0 Å². The molecule has 1 aromatic carbocycles. The summed E-state index contributed by atoms with van der Waals surface area (Å²) in [5.41, 5.74) is 2.71. The molecule has 0 heterocycles. The summed E-state index contributed by atoms with van der Waals surface area (Å²) < 4.78 is 0. The Bertz CT molecular complexity index is 287. The van der Waals surface area contributed by atoms with Crippen molar-refractivity contribution < 1.29 is 0 Å². The van der Waals surface area contributed by atoms with Crippen LogP contribution < -0.4 is 0 Å². The molecule has 0 radical (unpaired) electrons. The Morgan fingerprint density at radius 3 is 2.47 bits per heavy atom. The first-order chi connectivity index (χ1) is 7.26. The Balaban J connectivity index is 2.56. The second-order valence-corrected chi connectivity index (χ2v) is 4.01. The van der Waals surface area contributed by atoms with Crippen LogP contribution in [0.15, 0.2) is 36.9 Å². The van der Waals surface area contributed by atoms with Crippen LogP contribution in [0.2, 0.25) is 0 Å². The van der Waals surface area contributed by atoms with Crippen molar-refractivity contribution in [3.63, 3.8) is 0 Å². The van der Waals surface area contributed by atoms with E-state index in [0.29, 0.717) is 0 Å². The summed E-state index contributed by atoms with van der Waals surface area (Å²) in [5, 5.41) is 0. The third-order valence-corrected chi connectivity index (χ3v) is 2.45. The maximum absolute atomic E-state index is 3.80. The van der Waals surface area contributed by atoms with E-state index in [1.54, 1.807) is 0 Å². The molecule has 0 aromatic heterocycles. The minimum atomic E-state index is 0.974. The molecule has 0 fully saturated rings. The molecule has 15 heavy (non-hydrogen) atoms. The Labute approximate surface area is 93.4 Å². The van der Waals surface area contributed by atoms with Gasteiger partial charge in [-0.3, -0.25) is 4.90 Å². The van der Waals surface area contributed by atoms with E-state index in [-0.39, 0.29) is 0 Å². The molecule has 0 aliphatic rings. The fourth-order valence-electron chi connectivity index (χ4n) is 1.69. The number of benzene rings is 1. The largest absolute Gasteiger partial charge is 0.295 e. The lowest BCUT2D eigenvalue weighted by atomic mass is 10.1. The first kappa shape index (κ1) is 12.0. The van der Waals surface area contributed by atoms with Crippen molar-refractivity contribution in [3.05, 3.63) is 48.0 Å². The Kier molecular flexibility index (Phi) is 5.13. The Hall–Kier alpha value is -1.08. The molecule has 0 unspecified atom stereocenters. The second-order valence-electron chi connectivity index (χ2n) is 4.01. The first-order valence-corrected chi connectivity index (χ1v) is 5.65. The number of aryl methyl sites for hydroxylation is 1. The minimum Gasteiger partial charge on any atom is -0.295 e. The summed E-state index contributed by atoms with van der Waals surface area (Å²) in [7, 11) is 0. The van der Waals surface area contributed by atoms with Crippen molar-refractivity contribution in [1.29, 1.82) is 0 Å². The molecule has 1 nitrogen and oxygen atoms in total. The van der Waals surface area contributed by atoms with Gasteiger partial charge in [0.25, 0.3) is 0 Å². The molecule has 0 spiro atoms. The van der Waals surface area contributed by atoms with Gasteiger partial charge in [0.2, 0.25) is 0 Å². The lowest BCUT2D eigenvalue weighted by Gasteiger charge is -2.19. The Morgan fingerprint density at radius 2 is 1.93 bits per heavy atom. The molecule has 1 rings (SSSR count). The van der Waals surface area contributed by atoms with Gasteiger partial charge >= 0.3 is 0 Å². The number of nitrogens with zero attached hydrogens (tertiary/aromatic N) is 1. The molecular weight excluding hydrogens is 182 g/mol. The second kappa shape index (κ2) is 6.41. The first-order valence-electron chi connectivity index (χ1n) is 5.65. The van der Waals surface area contributed by atoms with Crippen LogP contribution in [-0.2, 0) is 6.54 Å². The maximum Gasteiger partial charge on any atom is 0.0237 e. The van der Waals surface area contributed by atoms with Crippen molar-refractivity contribution in [2.45, 2.75) is 26.8 Å². The monoisotopic (exact) mass is 203 g/mol. The molecule has 0 bridgehead atoms. The van der Waals surface area contributed by atoms with Crippen LogP contribution in [0.5, 0.6) is 0 Å².